The standard InChI is InChI=1S/C11H9BrO4S2/c1-15-8-3-2-4-9(7-8)16-18(13,14)11-6-5-10(12)17-11/h2-7H,1H3. The number of thiophene rings is 1. The zero-order valence-electron chi connectivity index (χ0n) is 9.29. The van der Waals surface area contributed by atoms with Crippen molar-refractivity contribution in [3.63, 3.8) is 0 Å². The molecular formula is C11H9BrO4S2. The Hall–Kier alpha value is -1.05. The number of rotatable bonds is 4. The van der Waals surface area contributed by atoms with Crippen LogP contribution in [0, 0.1) is 0 Å². The second-order valence-corrected chi connectivity index (χ2v) is 7.51. The van der Waals surface area contributed by atoms with E-state index in [9.17, 15) is 8.42 Å². The highest BCUT2D eigenvalue weighted by atomic mass is 79.9. The summed E-state index contributed by atoms with van der Waals surface area (Å²) >= 11 is 4.31. The van der Waals surface area contributed by atoms with Crippen molar-refractivity contribution >= 4 is 37.4 Å². The molecule has 2 aromatic rings. The number of hydrogen-bond donors (Lipinski definition) is 0. The summed E-state index contributed by atoms with van der Waals surface area (Å²) < 4.78 is 34.8. The van der Waals surface area contributed by atoms with Crippen molar-refractivity contribution < 1.29 is 17.3 Å². The van der Waals surface area contributed by atoms with Crippen LogP contribution in [0.2, 0.25) is 0 Å². The Bertz CT molecular complexity index is 649. The first-order chi connectivity index (χ1) is 8.51. The summed E-state index contributed by atoms with van der Waals surface area (Å²) in [6, 6.07) is 9.59. The molecular weight excluding hydrogens is 340 g/mol. The third-order valence-electron chi connectivity index (χ3n) is 2.04. The monoisotopic (exact) mass is 348 g/mol. The number of benzene rings is 1. The van der Waals surface area contributed by atoms with Crippen LogP contribution in [0.25, 0.3) is 0 Å². The maximum absolute atomic E-state index is 11.9. The molecule has 0 atom stereocenters. The zero-order chi connectivity index (χ0) is 13.2. The van der Waals surface area contributed by atoms with Crippen LogP contribution in [0.3, 0.4) is 0 Å². The van der Waals surface area contributed by atoms with Crippen molar-refractivity contribution in [2.45, 2.75) is 4.21 Å². The van der Waals surface area contributed by atoms with Gasteiger partial charge >= 0.3 is 10.1 Å². The van der Waals surface area contributed by atoms with Gasteiger partial charge in [0.25, 0.3) is 0 Å². The van der Waals surface area contributed by atoms with Crippen LogP contribution >= 0.6 is 27.3 Å². The molecule has 18 heavy (non-hydrogen) atoms. The lowest BCUT2D eigenvalue weighted by Gasteiger charge is -2.06. The number of halogens is 1. The lowest BCUT2D eigenvalue weighted by atomic mass is 10.3. The fourth-order valence-corrected chi connectivity index (χ4v) is 4.15. The molecule has 1 aromatic heterocycles. The Morgan fingerprint density at radius 3 is 2.50 bits per heavy atom. The molecule has 0 aliphatic carbocycles. The van der Waals surface area contributed by atoms with Gasteiger partial charge in [0, 0.05) is 6.07 Å². The quantitative estimate of drug-likeness (QED) is 0.795. The molecule has 0 N–H and O–H groups in total. The van der Waals surface area contributed by atoms with Gasteiger partial charge in [-0.15, -0.1) is 11.3 Å². The number of methoxy groups -OCH3 is 1. The molecule has 0 saturated heterocycles. The Morgan fingerprint density at radius 1 is 1.17 bits per heavy atom. The van der Waals surface area contributed by atoms with Gasteiger partial charge in [-0.05, 0) is 40.2 Å². The van der Waals surface area contributed by atoms with Crippen molar-refractivity contribution in [3.8, 4) is 11.5 Å². The summed E-state index contributed by atoms with van der Waals surface area (Å²) in [5.74, 6) is 0.758. The fourth-order valence-electron chi connectivity index (χ4n) is 1.25. The second-order valence-electron chi connectivity index (χ2n) is 3.27. The van der Waals surface area contributed by atoms with Crippen LogP contribution in [0.1, 0.15) is 0 Å². The average molecular weight is 349 g/mol. The molecule has 0 amide bonds. The van der Waals surface area contributed by atoms with Crippen LogP contribution in [-0.2, 0) is 10.1 Å². The normalized spacial score (nSPS) is 11.2. The van der Waals surface area contributed by atoms with E-state index < -0.39 is 10.1 Å². The van der Waals surface area contributed by atoms with E-state index in [1.165, 1.54) is 19.2 Å². The first-order valence-electron chi connectivity index (χ1n) is 4.85. The third kappa shape index (κ3) is 3.04. The molecule has 0 bridgehead atoms. The average Bonchev–Trinajstić information content (AvgIpc) is 2.76. The number of ether oxygens (including phenoxy) is 1. The summed E-state index contributed by atoms with van der Waals surface area (Å²) in [5, 5.41) is 0. The minimum atomic E-state index is -3.78. The molecule has 1 heterocycles. The van der Waals surface area contributed by atoms with Crippen molar-refractivity contribution in [2.24, 2.45) is 0 Å². The van der Waals surface area contributed by atoms with Gasteiger partial charge in [-0.1, -0.05) is 6.07 Å². The van der Waals surface area contributed by atoms with Gasteiger partial charge in [-0.25, -0.2) is 0 Å². The van der Waals surface area contributed by atoms with Crippen LogP contribution in [0.4, 0.5) is 0 Å². The Balaban J connectivity index is 2.27. The number of hydrogen-bond acceptors (Lipinski definition) is 5. The molecule has 4 nitrogen and oxygen atoms in total. The smallest absolute Gasteiger partial charge is 0.348 e. The Kier molecular flexibility index (Phi) is 3.94. The third-order valence-corrected chi connectivity index (χ3v) is 5.36. The van der Waals surface area contributed by atoms with Crippen molar-refractivity contribution in [1.29, 1.82) is 0 Å². The van der Waals surface area contributed by atoms with E-state index in [0.717, 1.165) is 15.1 Å². The van der Waals surface area contributed by atoms with E-state index in [2.05, 4.69) is 15.9 Å². The lowest BCUT2D eigenvalue weighted by Crippen LogP contribution is -2.07. The SMILES string of the molecule is COc1cccc(OS(=O)(=O)c2ccc(Br)s2)c1. The van der Waals surface area contributed by atoms with Crippen LogP contribution < -0.4 is 8.92 Å². The van der Waals surface area contributed by atoms with E-state index in [0.29, 0.717) is 5.75 Å². The highest BCUT2D eigenvalue weighted by molar-refractivity contribution is 9.11. The predicted molar refractivity (Wildman–Crippen MR) is 72.8 cm³/mol. The minimum Gasteiger partial charge on any atom is -0.497 e. The van der Waals surface area contributed by atoms with Crippen molar-refractivity contribution in [1.82, 2.24) is 0 Å². The molecule has 0 radical (unpaired) electrons. The molecule has 2 rings (SSSR count). The summed E-state index contributed by atoms with van der Waals surface area (Å²) in [6.45, 7) is 0. The molecule has 96 valence electrons. The predicted octanol–water partition coefficient (Wildman–Crippen LogP) is 3.29. The van der Waals surface area contributed by atoms with Crippen molar-refractivity contribution in [2.75, 3.05) is 7.11 Å². The summed E-state index contributed by atoms with van der Waals surface area (Å²) in [5.41, 5.74) is 0. The largest absolute Gasteiger partial charge is 0.497 e. The zero-order valence-corrected chi connectivity index (χ0v) is 12.5. The molecule has 0 aliphatic heterocycles. The fraction of sp³-hybridized carbons (Fsp3) is 0.0909. The van der Waals surface area contributed by atoms with Gasteiger partial charge in [0.2, 0.25) is 0 Å². The lowest BCUT2D eigenvalue weighted by molar-refractivity contribution is 0.411. The minimum absolute atomic E-state index is 0.150. The molecule has 0 unspecified atom stereocenters. The highest BCUT2D eigenvalue weighted by Gasteiger charge is 2.19. The summed E-state index contributed by atoms with van der Waals surface area (Å²) in [4.78, 5) is 0. The molecule has 0 aliphatic rings. The van der Waals surface area contributed by atoms with Crippen LogP contribution in [-0.4, -0.2) is 15.5 Å². The molecule has 0 fully saturated rings. The topological polar surface area (TPSA) is 52.6 Å². The van der Waals surface area contributed by atoms with Gasteiger partial charge < -0.3 is 8.92 Å². The molecule has 7 heteroatoms. The second kappa shape index (κ2) is 5.29. The molecule has 0 saturated carbocycles. The van der Waals surface area contributed by atoms with E-state index in [1.54, 1.807) is 24.3 Å². The van der Waals surface area contributed by atoms with E-state index >= 15 is 0 Å². The van der Waals surface area contributed by atoms with Gasteiger partial charge in [0.05, 0.1) is 10.9 Å². The van der Waals surface area contributed by atoms with E-state index in [1.807, 2.05) is 0 Å². The first-order valence-corrected chi connectivity index (χ1v) is 7.87. The van der Waals surface area contributed by atoms with Gasteiger partial charge in [0.15, 0.2) is 4.21 Å². The van der Waals surface area contributed by atoms with Crippen LogP contribution in [0.15, 0.2) is 44.4 Å². The Morgan fingerprint density at radius 2 is 1.89 bits per heavy atom. The maximum atomic E-state index is 11.9. The van der Waals surface area contributed by atoms with E-state index in [4.69, 9.17) is 8.92 Å². The highest BCUT2D eigenvalue weighted by Crippen LogP contribution is 2.29. The maximum Gasteiger partial charge on any atom is 0.348 e. The Labute approximate surface area is 117 Å². The van der Waals surface area contributed by atoms with Gasteiger partial charge in [-0.2, -0.15) is 8.42 Å². The summed E-state index contributed by atoms with van der Waals surface area (Å²) in [7, 11) is -2.28. The van der Waals surface area contributed by atoms with Crippen molar-refractivity contribution in [3.05, 3.63) is 40.2 Å². The van der Waals surface area contributed by atoms with Crippen LogP contribution in [0.5, 0.6) is 11.5 Å². The molecule has 1 aromatic carbocycles. The van der Waals surface area contributed by atoms with Gasteiger partial charge in [-0.3, -0.25) is 0 Å². The summed E-state index contributed by atoms with van der Waals surface area (Å²) in [6.07, 6.45) is 0. The van der Waals surface area contributed by atoms with Gasteiger partial charge in [0.1, 0.15) is 11.5 Å². The van der Waals surface area contributed by atoms with E-state index in [-0.39, 0.29) is 9.96 Å². The molecule has 0 spiro atoms. The first kappa shape index (κ1) is 13.4.